The summed E-state index contributed by atoms with van der Waals surface area (Å²) in [6.07, 6.45) is 0. The van der Waals surface area contributed by atoms with Crippen molar-refractivity contribution < 1.29 is 19.2 Å². The molecule has 7 heteroatoms. The Balaban J connectivity index is 2.64. The molecule has 0 saturated heterocycles. The van der Waals surface area contributed by atoms with E-state index in [1.54, 1.807) is 6.07 Å². The number of rotatable bonds is 3. The predicted octanol–water partition coefficient (Wildman–Crippen LogP) is 0.384. The molecule has 1 aromatic rings. The Morgan fingerprint density at radius 3 is 2.76 bits per heavy atom. The van der Waals surface area contributed by atoms with Crippen LogP contribution in [0.25, 0.3) is 0 Å². The van der Waals surface area contributed by atoms with Crippen molar-refractivity contribution in [3.05, 3.63) is 39.9 Å². The number of ether oxygens (including phenoxy) is 1. The zero-order chi connectivity index (χ0) is 12.8. The molecular weight excluding hydrogens is 228 g/mol. The molecule has 0 bridgehead atoms. The van der Waals surface area contributed by atoms with Crippen molar-refractivity contribution in [2.45, 2.75) is 6.54 Å². The number of nitrogens with one attached hydrogen (secondary N) is 1. The lowest BCUT2D eigenvalue weighted by atomic mass is 10.2. The quantitative estimate of drug-likeness (QED) is 0.355. The molecule has 0 atom stereocenters. The monoisotopic (exact) mass is 238 g/mol. The summed E-state index contributed by atoms with van der Waals surface area (Å²) >= 11 is 0. The minimum Gasteiger partial charge on any atom is -0.462 e. The van der Waals surface area contributed by atoms with Crippen LogP contribution < -0.4 is 5.32 Å². The molecule has 0 spiro atoms. The highest BCUT2D eigenvalue weighted by atomic mass is 16.6. The van der Waals surface area contributed by atoms with Crippen LogP contribution in [0.5, 0.6) is 0 Å². The number of carbonyl (C=O) groups is 2. The van der Waals surface area contributed by atoms with E-state index in [0.717, 1.165) is 7.11 Å². The highest BCUT2D eigenvalue weighted by Gasteiger charge is 2.13. The predicted molar refractivity (Wildman–Crippen MR) is 57.0 cm³/mol. The van der Waals surface area contributed by atoms with Crippen LogP contribution in [-0.2, 0) is 20.9 Å². The minimum atomic E-state index is -1.00. The number of hydrogen-bond donors (Lipinski definition) is 1. The van der Waals surface area contributed by atoms with Crippen molar-refractivity contribution in [1.29, 1.82) is 0 Å². The van der Waals surface area contributed by atoms with Crippen molar-refractivity contribution in [3.8, 4) is 0 Å². The zero-order valence-corrected chi connectivity index (χ0v) is 9.00. The van der Waals surface area contributed by atoms with E-state index < -0.39 is 16.8 Å². The highest BCUT2D eigenvalue weighted by molar-refractivity contribution is 6.32. The van der Waals surface area contributed by atoms with Crippen LogP contribution >= 0.6 is 0 Å². The number of non-ortho nitro benzene ring substituents is 1. The molecule has 0 saturated carbocycles. The van der Waals surface area contributed by atoms with Gasteiger partial charge in [0, 0.05) is 18.7 Å². The van der Waals surface area contributed by atoms with Crippen LogP contribution in [-0.4, -0.2) is 23.9 Å². The maximum Gasteiger partial charge on any atom is 0.396 e. The van der Waals surface area contributed by atoms with Crippen molar-refractivity contribution >= 4 is 17.6 Å². The highest BCUT2D eigenvalue weighted by Crippen LogP contribution is 2.12. The first-order valence-electron chi connectivity index (χ1n) is 4.64. The molecule has 0 unspecified atom stereocenters. The van der Waals surface area contributed by atoms with Crippen LogP contribution in [0, 0.1) is 10.1 Å². The van der Waals surface area contributed by atoms with Crippen LogP contribution in [0.1, 0.15) is 5.56 Å². The van der Waals surface area contributed by atoms with E-state index in [0.29, 0.717) is 5.56 Å². The second-order valence-corrected chi connectivity index (χ2v) is 3.10. The van der Waals surface area contributed by atoms with Gasteiger partial charge in [0.15, 0.2) is 0 Å². The second kappa shape index (κ2) is 5.59. The third-order valence-corrected chi connectivity index (χ3v) is 1.95. The fraction of sp³-hybridized carbons (Fsp3) is 0.200. The van der Waals surface area contributed by atoms with Gasteiger partial charge < -0.3 is 10.1 Å². The van der Waals surface area contributed by atoms with Gasteiger partial charge in [-0.05, 0) is 5.56 Å². The zero-order valence-electron chi connectivity index (χ0n) is 9.00. The molecule has 90 valence electrons. The first-order valence-corrected chi connectivity index (χ1v) is 4.64. The summed E-state index contributed by atoms with van der Waals surface area (Å²) in [6.45, 7) is 0.0234. The second-order valence-electron chi connectivity index (χ2n) is 3.10. The number of methoxy groups -OCH3 is 1. The minimum absolute atomic E-state index is 0.0234. The summed E-state index contributed by atoms with van der Waals surface area (Å²) in [5, 5.41) is 12.8. The summed E-state index contributed by atoms with van der Waals surface area (Å²) < 4.78 is 4.20. The molecule has 0 aromatic heterocycles. The Morgan fingerprint density at radius 2 is 2.18 bits per heavy atom. The van der Waals surface area contributed by atoms with Crippen molar-refractivity contribution in [3.63, 3.8) is 0 Å². The molecule has 0 radical (unpaired) electrons. The van der Waals surface area contributed by atoms with Crippen molar-refractivity contribution in [2.24, 2.45) is 0 Å². The standard InChI is InChI=1S/C10H10N2O5/c1-17-10(14)9(13)11-6-7-3-2-4-8(5-7)12(15)16/h2-5H,6H2,1H3,(H,11,13). The number of hydrogen-bond acceptors (Lipinski definition) is 5. The molecule has 0 aliphatic heterocycles. The van der Waals surface area contributed by atoms with Gasteiger partial charge >= 0.3 is 11.9 Å². The number of nitro benzene ring substituents is 1. The van der Waals surface area contributed by atoms with Gasteiger partial charge in [-0.25, -0.2) is 4.79 Å². The molecule has 0 aliphatic carbocycles. The summed E-state index contributed by atoms with van der Waals surface area (Å²) in [4.78, 5) is 31.8. The largest absolute Gasteiger partial charge is 0.462 e. The van der Waals surface area contributed by atoms with Crippen LogP contribution in [0.2, 0.25) is 0 Å². The van der Waals surface area contributed by atoms with Crippen LogP contribution in [0.3, 0.4) is 0 Å². The van der Waals surface area contributed by atoms with E-state index in [1.807, 2.05) is 0 Å². The maximum absolute atomic E-state index is 11.0. The molecule has 1 N–H and O–H groups in total. The average molecular weight is 238 g/mol. The molecule has 1 amide bonds. The summed E-state index contributed by atoms with van der Waals surface area (Å²) in [5.74, 6) is -1.89. The number of nitro groups is 1. The van der Waals surface area contributed by atoms with Crippen LogP contribution in [0.15, 0.2) is 24.3 Å². The smallest absolute Gasteiger partial charge is 0.396 e. The maximum atomic E-state index is 11.0. The molecule has 1 rings (SSSR count). The molecule has 7 nitrogen and oxygen atoms in total. The van der Waals surface area contributed by atoms with Gasteiger partial charge in [0.1, 0.15) is 0 Å². The Bertz CT molecular complexity index is 458. The van der Waals surface area contributed by atoms with Crippen molar-refractivity contribution in [2.75, 3.05) is 7.11 Å². The normalized spacial score (nSPS) is 9.47. The number of esters is 1. The van der Waals surface area contributed by atoms with Gasteiger partial charge in [-0.1, -0.05) is 12.1 Å². The van der Waals surface area contributed by atoms with Gasteiger partial charge in [-0.3, -0.25) is 14.9 Å². The number of carbonyl (C=O) groups excluding carboxylic acids is 2. The lowest BCUT2D eigenvalue weighted by Gasteiger charge is -2.03. The number of nitrogens with zero attached hydrogens (tertiary/aromatic N) is 1. The molecule has 0 aliphatic rings. The molecule has 1 aromatic carbocycles. The fourth-order valence-electron chi connectivity index (χ4n) is 1.13. The SMILES string of the molecule is COC(=O)C(=O)NCc1cccc([N+](=O)[O-])c1. The molecule has 0 fully saturated rings. The first kappa shape index (κ1) is 12.6. The van der Waals surface area contributed by atoms with E-state index in [2.05, 4.69) is 10.1 Å². The fourth-order valence-corrected chi connectivity index (χ4v) is 1.13. The van der Waals surface area contributed by atoms with E-state index in [-0.39, 0.29) is 12.2 Å². The Kier molecular flexibility index (Phi) is 4.15. The summed E-state index contributed by atoms with van der Waals surface area (Å²) in [6, 6.07) is 5.76. The molecular formula is C10H10N2O5. The summed E-state index contributed by atoms with van der Waals surface area (Å²) in [5.41, 5.74) is 0.450. The number of amides is 1. The van der Waals surface area contributed by atoms with Gasteiger partial charge in [0.05, 0.1) is 12.0 Å². The molecule has 0 heterocycles. The third kappa shape index (κ3) is 3.56. The Hall–Kier alpha value is -2.44. The van der Waals surface area contributed by atoms with E-state index in [4.69, 9.17) is 0 Å². The Labute approximate surface area is 96.5 Å². The third-order valence-electron chi connectivity index (χ3n) is 1.95. The van der Waals surface area contributed by atoms with Crippen LogP contribution in [0.4, 0.5) is 5.69 Å². The topological polar surface area (TPSA) is 98.5 Å². The van der Waals surface area contributed by atoms with E-state index in [1.165, 1.54) is 18.2 Å². The number of benzene rings is 1. The first-order chi connectivity index (χ1) is 8.04. The van der Waals surface area contributed by atoms with E-state index in [9.17, 15) is 19.7 Å². The average Bonchev–Trinajstić information content (AvgIpc) is 2.35. The van der Waals surface area contributed by atoms with E-state index >= 15 is 0 Å². The van der Waals surface area contributed by atoms with Crippen molar-refractivity contribution in [1.82, 2.24) is 5.32 Å². The lowest BCUT2D eigenvalue weighted by molar-refractivity contribution is -0.384. The Morgan fingerprint density at radius 1 is 1.47 bits per heavy atom. The van der Waals surface area contributed by atoms with Gasteiger partial charge in [-0.15, -0.1) is 0 Å². The van der Waals surface area contributed by atoms with Gasteiger partial charge in [0.25, 0.3) is 5.69 Å². The summed E-state index contributed by atoms with van der Waals surface area (Å²) in [7, 11) is 1.09. The van der Waals surface area contributed by atoms with Gasteiger partial charge in [-0.2, -0.15) is 0 Å². The molecule has 17 heavy (non-hydrogen) atoms. The van der Waals surface area contributed by atoms with Gasteiger partial charge in [0.2, 0.25) is 0 Å². The lowest BCUT2D eigenvalue weighted by Crippen LogP contribution is -2.31.